The molecule has 0 saturated heterocycles. The molecule has 2 heterocycles. The average Bonchev–Trinajstić information content (AvgIpc) is 2.72. The predicted octanol–water partition coefficient (Wildman–Crippen LogP) is 1.85. The Morgan fingerprint density at radius 3 is 2.88 bits per heavy atom. The number of nitrogens with one attached hydrogen (secondary N) is 1. The van der Waals surface area contributed by atoms with Crippen LogP contribution in [0.2, 0.25) is 5.02 Å². The minimum atomic E-state index is -0.0877. The molecule has 24 heavy (non-hydrogen) atoms. The Morgan fingerprint density at radius 2 is 2.12 bits per heavy atom. The highest BCUT2D eigenvalue weighted by Crippen LogP contribution is 2.20. The minimum absolute atomic E-state index is 0.00685. The third-order valence-electron chi connectivity index (χ3n) is 4.05. The van der Waals surface area contributed by atoms with Crippen LogP contribution >= 0.6 is 23.4 Å². The molecule has 2 aromatic rings. The lowest BCUT2D eigenvalue weighted by molar-refractivity contribution is -0.119. The van der Waals surface area contributed by atoms with Crippen molar-refractivity contribution in [2.24, 2.45) is 7.05 Å². The zero-order valence-electron chi connectivity index (χ0n) is 13.4. The van der Waals surface area contributed by atoms with E-state index < -0.39 is 0 Å². The first-order valence-corrected chi connectivity index (χ1v) is 9.20. The number of hydrogen-bond acceptors (Lipinski definition) is 4. The first-order chi connectivity index (χ1) is 11.5. The van der Waals surface area contributed by atoms with E-state index in [0.717, 1.165) is 23.6 Å². The van der Waals surface area contributed by atoms with Gasteiger partial charge >= 0.3 is 5.69 Å². The summed E-state index contributed by atoms with van der Waals surface area (Å²) < 4.78 is 3.08. The van der Waals surface area contributed by atoms with Crippen LogP contribution in [0, 0.1) is 0 Å². The smallest absolute Gasteiger partial charge is 0.345 e. The molecule has 6 nitrogen and oxygen atoms in total. The van der Waals surface area contributed by atoms with Crippen molar-refractivity contribution in [3.05, 3.63) is 45.6 Å². The number of benzene rings is 1. The van der Waals surface area contributed by atoms with E-state index in [1.54, 1.807) is 11.6 Å². The normalized spacial score (nSPS) is 17.2. The largest absolute Gasteiger partial charge is 0.353 e. The Balaban J connectivity index is 1.50. The molecule has 128 valence electrons. The second-order valence-corrected chi connectivity index (χ2v) is 7.29. The Kier molecular flexibility index (Phi) is 5.30. The van der Waals surface area contributed by atoms with Crippen LogP contribution in [0.15, 0.2) is 34.0 Å². The van der Waals surface area contributed by atoms with Gasteiger partial charge in [-0.25, -0.2) is 9.48 Å². The van der Waals surface area contributed by atoms with Crippen LogP contribution in [0.1, 0.15) is 18.7 Å². The van der Waals surface area contributed by atoms with Crippen molar-refractivity contribution in [3.63, 3.8) is 0 Å². The van der Waals surface area contributed by atoms with Crippen LogP contribution in [0.4, 0.5) is 0 Å². The second-order valence-electron chi connectivity index (χ2n) is 5.81. The molecular weight excluding hydrogens is 348 g/mol. The number of halogens is 1. The summed E-state index contributed by atoms with van der Waals surface area (Å²) in [5.74, 6) is 1.17. The van der Waals surface area contributed by atoms with Gasteiger partial charge in [0.25, 0.3) is 0 Å². The second kappa shape index (κ2) is 7.44. The average molecular weight is 367 g/mol. The number of rotatable bonds is 4. The Hall–Kier alpha value is -1.73. The van der Waals surface area contributed by atoms with E-state index >= 15 is 0 Å². The van der Waals surface area contributed by atoms with Gasteiger partial charge in [0.15, 0.2) is 0 Å². The highest BCUT2D eigenvalue weighted by molar-refractivity contribution is 8.00. The number of thioether (sulfide) groups is 1. The van der Waals surface area contributed by atoms with E-state index in [1.807, 2.05) is 24.3 Å². The fraction of sp³-hybridized carbons (Fsp3) is 0.438. The van der Waals surface area contributed by atoms with Crippen LogP contribution in [-0.2, 0) is 24.8 Å². The SMILES string of the molecule is Cn1nc2n(c1=O)CCC(NC(=O)CSc1ccc(Cl)cc1)CC2. The fourth-order valence-corrected chi connectivity index (χ4v) is 3.63. The molecular formula is C16H19ClN4O2S. The molecule has 0 saturated carbocycles. The maximum atomic E-state index is 12.1. The number of nitrogens with zero attached hydrogens (tertiary/aromatic N) is 3. The van der Waals surface area contributed by atoms with Gasteiger partial charge in [0.1, 0.15) is 5.82 Å². The molecule has 1 N–H and O–H groups in total. The van der Waals surface area contributed by atoms with Crippen LogP contribution < -0.4 is 11.0 Å². The van der Waals surface area contributed by atoms with E-state index in [4.69, 9.17) is 11.6 Å². The Bertz CT molecular complexity index is 784. The predicted molar refractivity (Wildman–Crippen MR) is 94.5 cm³/mol. The van der Waals surface area contributed by atoms with Crippen LogP contribution in [0.25, 0.3) is 0 Å². The lowest BCUT2D eigenvalue weighted by Crippen LogP contribution is -2.36. The molecule has 1 aromatic heterocycles. The summed E-state index contributed by atoms with van der Waals surface area (Å²) in [4.78, 5) is 25.1. The summed E-state index contributed by atoms with van der Waals surface area (Å²) in [6, 6.07) is 7.51. The van der Waals surface area contributed by atoms with Crippen molar-refractivity contribution in [3.8, 4) is 0 Å². The first-order valence-electron chi connectivity index (χ1n) is 7.83. The summed E-state index contributed by atoms with van der Waals surface area (Å²) in [5, 5.41) is 8.00. The van der Waals surface area contributed by atoms with E-state index in [-0.39, 0.29) is 17.6 Å². The van der Waals surface area contributed by atoms with Gasteiger partial charge in [-0.05, 0) is 37.1 Å². The summed E-state index contributed by atoms with van der Waals surface area (Å²) >= 11 is 7.33. The number of aryl methyl sites for hydroxylation is 2. The number of hydrogen-bond donors (Lipinski definition) is 1. The van der Waals surface area contributed by atoms with Crippen LogP contribution in [0.3, 0.4) is 0 Å². The molecule has 0 aliphatic carbocycles. The van der Waals surface area contributed by atoms with Crippen molar-refractivity contribution in [2.45, 2.75) is 36.7 Å². The minimum Gasteiger partial charge on any atom is -0.353 e. The molecule has 1 unspecified atom stereocenters. The standard InChI is InChI=1S/C16H19ClN4O2S/c1-20-16(23)21-9-8-12(4-7-14(21)19-20)18-15(22)10-24-13-5-2-11(17)3-6-13/h2-3,5-6,12H,4,7-10H2,1H3,(H,18,22). The van der Waals surface area contributed by atoms with Gasteiger partial charge in [-0.3, -0.25) is 9.36 Å². The van der Waals surface area contributed by atoms with Crippen LogP contribution in [0.5, 0.6) is 0 Å². The van der Waals surface area contributed by atoms with Crippen LogP contribution in [-0.4, -0.2) is 32.0 Å². The zero-order valence-corrected chi connectivity index (χ0v) is 14.9. The summed E-state index contributed by atoms with van der Waals surface area (Å²) in [6.07, 6.45) is 2.25. The van der Waals surface area contributed by atoms with Crippen molar-refractivity contribution in [1.82, 2.24) is 19.7 Å². The van der Waals surface area contributed by atoms with E-state index in [2.05, 4.69) is 10.4 Å². The van der Waals surface area contributed by atoms with Gasteiger partial charge in [-0.1, -0.05) is 11.6 Å². The lowest BCUT2D eigenvalue weighted by atomic mass is 10.1. The molecule has 1 aliphatic heterocycles. The number of carbonyl (C=O) groups excluding carboxylic acids is 1. The molecule has 1 aliphatic rings. The molecule has 8 heteroatoms. The molecule has 1 aromatic carbocycles. The summed E-state index contributed by atoms with van der Waals surface area (Å²) in [5.41, 5.74) is -0.0877. The first kappa shape index (κ1) is 17.1. The van der Waals surface area contributed by atoms with Gasteiger partial charge in [0.2, 0.25) is 5.91 Å². The molecule has 0 bridgehead atoms. The number of fused-ring (bicyclic) bond motifs is 1. The highest BCUT2D eigenvalue weighted by Gasteiger charge is 2.21. The van der Waals surface area contributed by atoms with E-state index in [1.165, 1.54) is 16.4 Å². The van der Waals surface area contributed by atoms with Crippen molar-refractivity contribution in [2.75, 3.05) is 5.75 Å². The Morgan fingerprint density at radius 1 is 1.38 bits per heavy atom. The van der Waals surface area contributed by atoms with E-state index in [9.17, 15) is 9.59 Å². The molecule has 0 fully saturated rings. The van der Waals surface area contributed by atoms with Gasteiger partial charge < -0.3 is 5.32 Å². The van der Waals surface area contributed by atoms with E-state index in [0.29, 0.717) is 23.7 Å². The summed E-state index contributed by atoms with van der Waals surface area (Å²) in [6.45, 7) is 0.595. The third kappa shape index (κ3) is 4.02. The summed E-state index contributed by atoms with van der Waals surface area (Å²) in [7, 11) is 1.66. The Labute approximate surface area is 149 Å². The maximum absolute atomic E-state index is 12.1. The topological polar surface area (TPSA) is 68.9 Å². The maximum Gasteiger partial charge on any atom is 0.345 e. The monoisotopic (exact) mass is 366 g/mol. The quantitative estimate of drug-likeness (QED) is 0.838. The van der Waals surface area contributed by atoms with Crippen molar-refractivity contribution >= 4 is 29.3 Å². The zero-order chi connectivity index (χ0) is 17.1. The van der Waals surface area contributed by atoms with Crippen molar-refractivity contribution < 1.29 is 4.79 Å². The molecule has 0 spiro atoms. The van der Waals surface area contributed by atoms with Crippen molar-refractivity contribution in [1.29, 1.82) is 0 Å². The number of carbonyl (C=O) groups is 1. The molecule has 1 atom stereocenters. The van der Waals surface area contributed by atoms with Gasteiger partial charge in [-0.2, -0.15) is 5.10 Å². The molecule has 3 rings (SSSR count). The number of aromatic nitrogens is 3. The lowest BCUT2D eigenvalue weighted by Gasteiger charge is -2.15. The molecule has 1 amide bonds. The highest BCUT2D eigenvalue weighted by atomic mass is 35.5. The number of amides is 1. The third-order valence-corrected chi connectivity index (χ3v) is 5.31. The van der Waals surface area contributed by atoms with Gasteiger partial charge in [-0.15, -0.1) is 11.8 Å². The molecule has 0 radical (unpaired) electrons. The fourth-order valence-electron chi connectivity index (χ4n) is 2.79. The van der Waals surface area contributed by atoms with Gasteiger partial charge in [0.05, 0.1) is 5.75 Å². The van der Waals surface area contributed by atoms with Gasteiger partial charge in [0, 0.05) is 36.0 Å².